The number of halogens is 7. The third-order valence-electron chi connectivity index (χ3n) is 3.32. The van der Waals surface area contributed by atoms with Crippen molar-refractivity contribution >= 4 is 39.7 Å². The van der Waals surface area contributed by atoms with Crippen LogP contribution in [0.3, 0.4) is 0 Å². The topological polar surface area (TPSA) is 52.2 Å². The summed E-state index contributed by atoms with van der Waals surface area (Å²) in [5, 5.41) is 2.64. The standard InChI is InChI=1S/C13H7ClF6N4OS2/c1-26-10-9(13(18,19)20)27-11-21-5(2-8(25)24(10)11)4-23-7(14)3-6(22-23)12(15,16)17/h2-3H,4H2,1H3. The lowest BCUT2D eigenvalue weighted by Gasteiger charge is -2.05. The number of hydrogen-bond acceptors (Lipinski definition) is 5. The first kappa shape index (κ1) is 20.0. The van der Waals surface area contributed by atoms with Gasteiger partial charge in [-0.3, -0.25) is 4.79 Å². The minimum atomic E-state index is -4.71. The van der Waals surface area contributed by atoms with Gasteiger partial charge in [0.05, 0.1) is 12.2 Å². The Morgan fingerprint density at radius 3 is 2.37 bits per heavy atom. The van der Waals surface area contributed by atoms with E-state index in [0.29, 0.717) is 6.07 Å². The summed E-state index contributed by atoms with van der Waals surface area (Å²) < 4.78 is 79.0. The maximum absolute atomic E-state index is 13.1. The van der Waals surface area contributed by atoms with Gasteiger partial charge in [-0.15, -0.1) is 11.8 Å². The van der Waals surface area contributed by atoms with Gasteiger partial charge in [-0.2, -0.15) is 31.4 Å². The molecule has 14 heteroatoms. The summed E-state index contributed by atoms with van der Waals surface area (Å²) in [5.74, 6) is 0. The van der Waals surface area contributed by atoms with Gasteiger partial charge in [0.1, 0.15) is 15.1 Å². The molecule has 0 bridgehead atoms. The van der Waals surface area contributed by atoms with Crippen molar-refractivity contribution in [2.24, 2.45) is 0 Å². The van der Waals surface area contributed by atoms with Crippen LogP contribution < -0.4 is 5.56 Å². The Morgan fingerprint density at radius 2 is 1.85 bits per heavy atom. The van der Waals surface area contributed by atoms with Gasteiger partial charge in [0.15, 0.2) is 10.7 Å². The summed E-state index contributed by atoms with van der Waals surface area (Å²) in [6.07, 6.45) is -8.00. The Morgan fingerprint density at radius 1 is 1.19 bits per heavy atom. The van der Waals surface area contributed by atoms with Crippen LogP contribution in [0, 0.1) is 0 Å². The fourth-order valence-corrected chi connectivity index (χ4v) is 4.45. The first-order chi connectivity index (χ1) is 12.4. The molecule has 0 atom stereocenters. The predicted octanol–water partition coefficient (Wildman–Crippen LogP) is 4.41. The van der Waals surface area contributed by atoms with Crippen LogP contribution in [-0.4, -0.2) is 25.4 Å². The van der Waals surface area contributed by atoms with Crippen LogP contribution in [0.2, 0.25) is 5.15 Å². The summed E-state index contributed by atoms with van der Waals surface area (Å²) in [5.41, 5.74) is -2.09. The number of thiazole rings is 1. The van der Waals surface area contributed by atoms with E-state index in [-0.39, 0.29) is 32.2 Å². The molecule has 0 saturated heterocycles. The van der Waals surface area contributed by atoms with E-state index in [1.807, 2.05) is 0 Å². The van der Waals surface area contributed by atoms with Crippen LogP contribution in [0.25, 0.3) is 4.96 Å². The van der Waals surface area contributed by atoms with Crippen molar-refractivity contribution in [2.45, 2.75) is 23.9 Å². The molecule has 0 amide bonds. The number of thioether (sulfide) groups is 1. The Balaban J connectivity index is 2.08. The Labute approximate surface area is 159 Å². The Kier molecular flexibility index (Phi) is 4.97. The molecule has 3 aromatic rings. The summed E-state index contributed by atoms with van der Waals surface area (Å²) >= 11 is 6.72. The smallest absolute Gasteiger partial charge is 0.269 e. The molecule has 0 N–H and O–H groups in total. The molecule has 27 heavy (non-hydrogen) atoms. The van der Waals surface area contributed by atoms with Crippen molar-refractivity contribution in [1.82, 2.24) is 19.2 Å². The van der Waals surface area contributed by atoms with E-state index in [2.05, 4.69) is 10.1 Å². The van der Waals surface area contributed by atoms with Gasteiger partial charge in [-0.1, -0.05) is 22.9 Å². The van der Waals surface area contributed by atoms with Crippen molar-refractivity contribution in [3.63, 3.8) is 0 Å². The normalized spacial score (nSPS) is 12.9. The molecule has 3 aromatic heterocycles. The summed E-state index contributed by atoms with van der Waals surface area (Å²) in [4.78, 5) is 15.0. The first-order valence-corrected chi connectivity index (χ1v) is 9.31. The Hall–Kier alpha value is -1.73. The molecular formula is C13H7ClF6N4OS2. The van der Waals surface area contributed by atoms with E-state index < -0.39 is 35.0 Å². The van der Waals surface area contributed by atoms with Gasteiger partial charge in [0.2, 0.25) is 0 Å². The van der Waals surface area contributed by atoms with Gasteiger partial charge < -0.3 is 0 Å². The molecule has 0 radical (unpaired) electrons. The van der Waals surface area contributed by atoms with Crippen molar-refractivity contribution in [3.8, 4) is 0 Å². The third-order valence-corrected chi connectivity index (χ3v) is 5.61. The van der Waals surface area contributed by atoms with Gasteiger partial charge in [0, 0.05) is 12.1 Å². The second-order valence-electron chi connectivity index (χ2n) is 5.15. The molecule has 146 valence electrons. The molecule has 0 aliphatic carbocycles. The molecule has 0 saturated carbocycles. The summed E-state index contributed by atoms with van der Waals surface area (Å²) in [7, 11) is 0. The van der Waals surface area contributed by atoms with Crippen LogP contribution in [0.4, 0.5) is 26.3 Å². The molecule has 3 rings (SSSR count). The minimum Gasteiger partial charge on any atom is -0.269 e. The molecule has 0 aliphatic heterocycles. The van der Waals surface area contributed by atoms with Crippen LogP contribution >= 0.6 is 34.7 Å². The Bertz CT molecular complexity index is 1070. The van der Waals surface area contributed by atoms with Gasteiger partial charge in [-0.25, -0.2) is 14.1 Å². The molecule has 0 fully saturated rings. The van der Waals surface area contributed by atoms with Crippen molar-refractivity contribution < 1.29 is 26.3 Å². The van der Waals surface area contributed by atoms with Crippen LogP contribution in [0.1, 0.15) is 16.3 Å². The van der Waals surface area contributed by atoms with E-state index in [4.69, 9.17) is 11.6 Å². The van der Waals surface area contributed by atoms with Gasteiger partial charge in [-0.05, 0) is 6.26 Å². The van der Waals surface area contributed by atoms with E-state index in [0.717, 1.165) is 26.9 Å². The zero-order chi connectivity index (χ0) is 20.1. The highest BCUT2D eigenvalue weighted by Gasteiger charge is 2.38. The van der Waals surface area contributed by atoms with Crippen LogP contribution in [0.15, 0.2) is 22.0 Å². The van der Waals surface area contributed by atoms with E-state index >= 15 is 0 Å². The molecule has 3 heterocycles. The fraction of sp³-hybridized carbons (Fsp3) is 0.308. The zero-order valence-electron chi connectivity index (χ0n) is 13.0. The largest absolute Gasteiger partial charge is 0.435 e. The minimum absolute atomic E-state index is 0.0682. The highest BCUT2D eigenvalue weighted by molar-refractivity contribution is 7.98. The molecule has 0 aromatic carbocycles. The van der Waals surface area contributed by atoms with E-state index in [1.165, 1.54) is 6.26 Å². The first-order valence-electron chi connectivity index (χ1n) is 6.89. The lowest BCUT2D eigenvalue weighted by molar-refractivity contribution is -0.141. The second-order valence-corrected chi connectivity index (χ2v) is 7.31. The fourth-order valence-electron chi connectivity index (χ4n) is 2.24. The average Bonchev–Trinajstić information content (AvgIpc) is 3.08. The number of fused-ring (bicyclic) bond motifs is 1. The quantitative estimate of drug-likeness (QED) is 0.440. The number of rotatable bonds is 3. The zero-order valence-corrected chi connectivity index (χ0v) is 15.4. The maximum atomic E-state index is 13.1. The molecule has 0 aliphatic rings. The average molecular weight is 449 g/mol. The van der Waals surface area contributed by atoms with Crippen molar-refractivity contribution in [2.75, 3.05) is 6.26 Å². The van der Waals surface area contributed by atoms with Crippen molar-refractivity contribution in [1.29, 1.82) is 0 Å². The maximum Gasteiger partial charge on any atom is 0.435 e. The van der Waals surface area contributed by atoms with E-state index in [1.54, 1.807) is 0 Å². The van der Waals surface area contributed by atoms with Crippen LogP contribution in [-0.2, 0) is 18.9 Å². The van der Waals surface area contributed by atoms with E-state index in [9.17, 15) is 31.1 Å². The third kappa shape index (κ3) is 3.80. The van der Waals surface area contributed by atoms with Gasteiger partial charge in [0.25, 0.3) is 5.56 Å². The SMILES string of the molecule is CSc1c(C(F)(F)F)sc2nc(Cn3nc(C(F)(F)F)cc3Cl)cc(=O)n12. The number of aromatic nitrogens is 4. The molecule has 5 nitrogen and oxygen atoms in total. The predicted molar refractivity (Wildman–Crippen MR) is 87.5 cm³/mol. The summed E-state index contributed by atoms with van der Waals surface area (Å²) in [6, 6.07) is 1.54. The van der Waals surface area contributed by atoms with Crippen molar-refractivity contribution in [3.05, 3.63) is 43.9 Å². The lowest BCUT2D eigenvalue weighted by atomic mass is 10.4. The number of hydrogen-bond donors (Lipinski definition) is 0. The number of alkyl halides is 6. The number of nitrogens with zero attached hydrogens (tertiary/aromatic N) is 4. The molecule has 0 unspecified atom stereocenters. The van der Waals surface area contributed by atoms with Gasteiger partial charge >= 0.3 is 12.4 Å². The van der Waals surface area contributed by atoms with Crippen LogP contribution in [0.5, 0.6) is 0 Å². The lowest BCUT2D eigenvalue weighted by Crippen LogP contribution is -2.17. The molecular weight excluding hydrogens is 442 g/mol. The highest BCUT2D eigenvalue weighted by atomic mass is 35.5. The monoisotopic (exact) mass is 448 g/mol. The summed E-state index contributed by atoms with van der Waals surface area (Å²) in [6.45, 7) is -0.408. The molecule has 0 spiro atoms. The second kappa shape index (κ2) is 6.71. The highest BCUT2D eigenvalue weighted by Crippen LogP contribution is 2.40.